The van der Waals surface area contributed by atoms with Crippen molar-refractivity contribution in [2.45, 2.75) is 12.5 Å². The zero-order chi connectivity index (χ0) is 20.2. The number of carbonyl (C=O) groups excluding carboxylic acids is 2. The first-order valence-corrected chi connectivity index (χ1v) is 9.43. The molecule has 0 saturated heterocycles. The second-order valence-corrected chi connectivity index (χ2v) is 6.92. The summed E-state index contributed by atoms with van der Waals surface area (Å²) in [5, 5.41) is 3.39. The summed E-state index contributed by atoms with van der Waals surface area (Å²) >= 11 is 5.98. The minimum atomic E-state index is -0.516. The SMILES string of the molecule is O=C(NCCc1ccco1)C1=CC2=NC(=O)/C(=C/c3cccc(Cl)c3)OC2C=C1. The molecule has 1 aliphatic heterocycles. The van der Waals surface area contributed by atoms with Crippen molar-refractivity contribution in [3.63, 3.8) is 0 Å². The fourth-order valence-corrected chi connectivity index (χ4v) is 3.17. The molecule has 29 heavy (non-hydrogen) atoms. The van der Waals surface area contributed by atoms with Gasteiger partial charge in [0.15, 0.2) is 11.9 Å². The van der Waals surface area contributed by atoms with Gasteiger partial charge in [-0.3, -0.25) is 9.59 Å². The smallest absolute Gasteiger partial charge is 0.312 e. The Hall–Kier alpha value is -3.38. The third kappa shape index (κ3) is 4.55. The molecule has 0 fully saturated rings. The van der Waals surface area contributed by atoms with Crippen LogP contribution in [0.3, 0.4) is 0 Å². The van der Waals surface area contributed by atoms with Crippen LogP contribution in [0.25, 0.3) is 6.08 Å². The maximum absolute atomic E-state index is 12.4. The number of aliphatic imine (C=N–C) groups is 1. The predicted molar refractivity (Wildman–Crippen MR) is 109 cm³/mol. The number of halogens is 1. The van der Waals surface area contributed by atoms with Crippen molar-refractivity contribution in [3.05, 3.63) is 88.6 Å². The molecule has 0 spiro atoms. The lowest BCUT2D eigenvalue weighted by molar-refractivity contribution is -0.119. The largest absolute Gasteiger partial charge is 0.474 e. The lowest BCUT2D eigenvalue weighted by Crippen LogP contribution is -2.33. The van der Waals surface area contributed by atoms with Crippen molar-refractivity contribution < 1.29 is 18.7 Å². The number of hydrogen-bond acceptors (Lipinski definition) is 4. The Balaban J connectivity index is 1.44. The minimum Gasteiger partial charge on any atom is -0.474 e. The molecule has 7 heteroatoms. The second-order valence-electron chi connectivity index (χ2n) is 6.49. The number of benzene rings is 1. The number of carbonyl (C=O) groups is 2. The van der Waals surface area contributed by atoms with E-state index in [1.807, 2.05) is 12.1 Å². The molecule has 1 aromatic carbocycles. The number of rotatable bonds is 5. The third-order valence-corrected chi connectivity index (χ3v) is 4.62. The van der Waals surface area contributed by atoms with Crippen molar-refractivity contribution >= 4 is 35.2 Å². The summed E-state index contributed by atoms with van der Waals surface area (Å²) < 4.78 is 11.0. The van der Waals surface area contributed by atoms with Gasteiger partial charge in [-0.2, -0.15) is 0 Å². The first-order chi connectivity index (χ1) is 14.1. The number of ether oxygens (including phenoxy) is 1. The van der Waals surface area contributed by atoms with E-state index >= 15 is 0 Å². The normalized spacial score (nSPS) is 19.3. The zero-order valence-electron chi connectivity index (χ0n) is 15.3. The Morgan fingerprint density at radius 3 is 2.97 bits per heavy atom. The van der Waals surface area contributed by atoms with Crippen molar-refractivity contribution in [1.29, 1.82) is 0 Å². The lowest BCUT2D eigenvalue weighted by Gasteiger charge is -2.24. The summed E-state index contributed by atoms with van der Waals surface area (Å²) in [6.45, 7) is 0.440. The van der Waals surface area contributed by atoms with Crippen LogP contribution in [-0.4, -0.2) is 30.2 Å². The van der Waals surface area contributed by atoms with E-state index in [0.717, 1.165) is 11.3 Å². The summed E-state index contributed by atoms with van der Waals surface area (Å²) in [5.41, 5.74) is 1.56. The highest BCUT2D eigenvalue weighted by Crippen LogP contribution is 2.23. The maximum Gasteiger partial charge on any atom is 0.312 e. The van der Waals surface area contributed by atoms with Gasteiger partial charge < -0.3 is 14.5 Å². The summed E-state index contributed by atoms with van der Waals surface area (Å²) in [5.74, 6) is 0.181. The van der Waals surface area contributed by atoms with Gasteiger partial charge in [0.2, 0.25) is 0 Å². The quantitative estimate of drug-likeness (QED) is 0.768. The first-order valence-electron chi connectivity index (χ1n) is 9.06. The highest BCUT2D eigenvalue weighted by molar-refractivity contribution is 6.30. The molecule has 0 saturated carbocycles. The number of furan rings is 1. The molecule has 2 aliphatic rings. The number of nitrogens with one attached hydrogen (secondary N) is 1. The van der Waals surface area contributed by atoms with Crippen LogP contribution in [0.2, 0.25) is 5.02 Å². The molecule has 2 aromatic rings. The summed E-state index contributed by atoms with van der Waals surface area (Å²) in [7, 11) is 0. The molecule has 2 heterocycles. The Morgan fingerprint density at radius 1 is 1.28 bits per heavy atom. The van der Waals surface area contributed by atoms with Crippen LogP contribution in [0.4, 0.5) is 0 Å². The predicted octanol–water partition coefficient (Wildman–Crippen LogP) is 3.50. The van der Waals surface area contributed by atoms with Gasteiger partial charge in [-0.1, -0.05) is 23.7 Å². The molecule has 6 nitrogen and oxygen atoms in total. The number of hydrogen-bond donors (Lipinski definition) is 1. The molecule has 1 N–H and O–H groups in total. The van der Waals surface area contributed by atoms with E-state index in [0.29, 0.717) is 29.3 Å². The molecule has 2 amide bonds. The second kappa shape index (κ2) is 8.32. The average molecular weight is 409 g/mol. The molecule has 1 aliphatic carbocycles. The van der Waals surface area contributed by atoms with Gasteiger partial charge in [0.05, 0.1) is 12.0 Å². The van der Waals surface area contributed by atoms with Gasteiger partial charge in [0.25, 0.3) is 5.91 Å². The van der Waals surface area contributed by atoms with Crippen molar-refractivity contribution in [1.82, 2.24) is 5.32 Å². The van der Waals surface area contributed by atoms with E-state index in [9.17, 15) is 9.59 Å². The molecular formula is C22H17ClN2O4. The van der Waals surface area contributed by atoms with E-state index in [1.54, 1.807) is 54.8 Å². The monoisotopic (exact) mass is 408 g/mol. The molecule has 4 rings (SSSR count). The van der Waals surface area contributed by atoms with Crippen LogP contribution in [0, 0.1) is 0 Å². The summed E-state index contributed by atoms with van der Waals surface area (Å²) in [4.78, 5) is 28.8. The van der Waals surface area contributed by atoms with Crippen LogP contribution >= 0.6 is 11.6 Å². The Morgan fingerprint density at radius 2 is 2.17 bits per heavy atom. The summed E-state index contributed by atoms with van der Waals surface area (Å²) in [6.07, 6.45) is 8.22. The fraction of sp³-hybridized carbons (Fsp3) is 0.136. The molecular weight excluding hydrogens is 392 g/mol. The van der Waals surface area contributed by atoms with Crippen LogP contribution in [0.5, 0.6) is 0 Å². The average Bonchev–Trinajstić information content (AvgIpc) is 3.22. The van der Waals surface area contributed by atoms with Crippen molar-refractivity contribution in [2.24, 2.45) is 4.99 Å². The molecule has 1 unspecified atom stereocenters. The molecule has 0 bridgehead atoms. The Bertz CT molecular complexity index is 1060. The van der Waals surface area contributed by atoms with Crippen molar-refractivity contribution in [3.8, 4) is 0 Å². The van der Waals surface area contributed by atoms with Gasteiger partial charge >= 0.3 is 5.91 Å². The van der Waals surface area contributed by atoms with E-state index < -0.39 is 12.0 Å². The fourth-order valence-electron chi connectivity index (χ4n) is 2.98. The summed E-state index contributed by atoms with van der Waals surface area (Å²) in [6, 6.07) is 10.7. The standard InChI is InChI=1S/C22H17ClN2O4/c23-16-4-1-3-14(11-16)12-20-22(27)25-18-13-15(6-7-19(18)29-20)21(26)24-9-8-17-5-2-10-28-17/h1-7,10-13,19H,8-9H2,(H,24,26)/b20-12-. The highest BCUT2D eigenvalue weighted by atomic mass is 35.5. The third-order valence-electron chi connectivity index (χ3n) is 4.39. The van der Waals surface area contributed by atoms with Gasteiger partial charge in [-0.05, 0) is 54.1 Å². The minimum absolute atomic E-state index is 0.130. The number of nitrogens with zero attached hydrogens (tertiary/aromatic N) is 1. The first kappa shape index (κ1) is 19.0. The molecule has 0 radical (unpaired) electrons. The van der Waals surface area contributed by atoms with E-state index in [1.165, 1.54) is 0 Å². The molecule has 146 valence electrons. The Labute approximate surface area is 172 Å². The van der Waals surface area contributed by atoms with E-state index in [-0.39, 0.29) is 11.7 Å². The van der Waals surface area contributed by atoms with Gasteiger partial charge in [-0.25, -0.2) is 4.99 Å². The highest BCUT2D eigenvalue weighted by Gasteiger charge is 2.28. The maximum atomic E-state index is 12.4. The molecule has 1 atom stereocenters. The topological polar surface area (TPSA) is 80.9 Å². The Kier molecular flexibility index (Phi) is 5.44. The van der Waals surface area contributed by atoms with Gasteiger partial charge in [-0.15, -0.1) is 0 Å². The lowest BCUT2D eigenvalue weighted by atomic mass is 10.0. The van der Waals surface area contributed by atoms with E-state index in [2.05, 4.69) is 10.3 Å². The van der Waals surface area contributed by atoms with Crippen LogP contribution in [0.1, 0.15) is 11.3 Å². The van der Waals surface area contributed by atoms with Gasteiger partial charge in [0.1, 0.15) is 5.76 Å². The van der Waals surface area contributed by atoms with Gasteiger partial charge in [0, 0.05) is 23.6 Å². The number of amides is 2. The molecule has 1 aromatic heterocycles. The zero-order valence-corrected chi connectivity index (χ0v) is 16.1. The van der Waals surface area contributed by atoms with Crippen molar-refractivity contribution in [2.75, 3.05) is 6.54 Å². The van der Waals surface area contributed by atoms with Crippen LogP contribution < -0.4 is 5.32 Å². The van der Waals surface area contributed by atoms with Crippen LogP contribution in [-0.2, 0) is 20.7 Å². The number of fused-ring (bicyclic) bond motifs is 1. The van der Waals surface area contributed by atoms with Crippen LogP contribution in [0.15, 0.2) is 81.6 Å². The van der Waals surface area contributed by atoms with E-state index in [4.69, 9.17) is 20.8 Å².